The quantitative estimate of drug-likeness (QED) is 0.570. The molecule has 2 aliphatic rings. The summed E-state index contributed by atoms with van der Waals surface area (Å²) in [5.74, 6) is 1.85. The van der Waals surface area contributed by atoms with Crippen molar-refractivity contribution in [2.24, 2.45) is 0 Å². The summed E-state index contributed by atoms with van der Waals surface area (Å²) in [7, 11) is 3.49. The van der Waals surface area contributed by atoms with Gasteiger partial charge in [0.25, 0.3) is 0 Å². The Morgan fingerprint density at radius 2 is 1.87 bits per heavy atom. The minimum atomic E-state index is 0.482. The largest absolute Gasteiger partial charge is 0.496 e. The van der Waals surface area contributed by atoms with E-state index in [9.17, 15) is 0 Å². The van der Waals surface area contributed by atoms with Crippen molar-refractivity contribution in [3.8, 4) is 11.5 Å². The van der Waals surface area contributed by atoms with Crippen LogP contribution in [0.25, 0.3) is 10.9 Å². The van der Waals surface area contributed by atoms with Crippen molar-refractivity contribution >= 4 is 10.9 Å². The summed E-state index contributed by atoms with van der Waals surface area (Å²) in [6.07, 6.45) is 4.88. The van der Waals surface area contributed by atoms with E-state index in [-0.39, 0.29) is 0 Å². The van der Waals surface area contributed by atoms with Crippen molar-refractivity contribution in [3.63, 3.8) is 0 Å². The van der Waals surface area contributed by atoms with Gasteiger partial charge in [0.15, 0.2) is 0 Å². The molecule has 2 aromatic carbocycles. The number of aromatic nitrogens is 1. The first-order valence-corrected chi connectivity index (χ1v) is 11.2. The standard InChI is InChI=1S/C26H32N2O2/c1-17-9-11-22-21(15-17)20-7-5-8-23-25(20)28(22)14-6-13-27(23)16-19-10-12-24(29-3)18(2)26(19)30-4/h9-12,15,23H,5-8,13-14,16H2,1-4H3. The van der Waals surface area contributed by atoms with Gasteiger partial charge in [0, 0.05) is 47.4 Å². The Balaban J connectivity index is 1.57. The zero-order valence-electron chi connectivity index (χ0n) is 18.6. The highest BCUT2D eigenvalue weighted by atomic mass is 16.5. The summed E-state index contributed by atoms with van der Waals surface area (Å²) in [4.78, 5) is 2.69. The second-order valence-corrected chi connectivity index (χ2v) is 8.85. The number of aryl methyl sites for hydroxylation is 3. The lowest BCUT2D eigenvalue weighted by Gasteiger charge is -2.34. The maximum absolute atomic E-state index is 5.82. The van der Waals surface area contributed by atoms with Crippen molar-refractivity contribution in [1.82, 2.24) is 9.47 Å². The van der Waals surface area contributed by atoms with Crippen LogP contribution in [0.4, 0.5) is 0 Å². The van der Waals surface area contributed by atoms with Crippen LogP contribution >= 0.6 is 0 Å². The molecule has 1 unspecified atom stereocenters. The second-order valence-electron chi connectivity index (χ2n) is 8.85. The fraction of sp³-hybridized carbons (Fsp3) is 0.462. The molecular weight excluding hydrogens is 372 g/mol. The average Bonchev–Trinajstić information content (AvgIpc) is 2.94. The van der Waals surface area contributed by atoms with Gasteiger partial charge >= 0.3 is 0 Å². The van der Waals surface area contributed by atoms with E-state index < -0.39 is 0 Å². The van der Waals surface area contributed by atoms with Crippen LogP contribution in [0.5, 0.6) is 11.5 Å². The van der Waals surface area contributed by atoms with E-state index in [1.807, 2.05) is 0 Å². The van der Waals surface area contributed by atoms with Gasteiger partial charge in [0.05, 0.1) is 20.3 Å². The Kier molecular flexibility index (Phi) is 4.98. The van der Waals surface area contributed by atoms with E-state index in [0.717, 1.165) is 36.7 Å². The Morgan fingerprint density at radius 1 is 1.00 bits per heavy atom. The van der Waals surface area contributed by atoms with Gasteiger partial charge in [-0.1, -0.05) is 17.7 Å². The fourth-order valence-corrected chi connectivity index (χ4v) is 5.76. The maximum atomic E-state index is 5.82. The van der Waals surface area contributed by atoms with E-state index >= 15 is 0 Å². The molecule has 0 bridgehead atoms. The topological polar surface area (TPSA) is 26.6 Å². The molecule has 4 nitrogen and oxygen atoms in total. The van der Waals surface area contributed by atoms with Crippen LogP contribution in [-0.2, 0) is 19.5 Å². The zero-order chi connectivity index (χ0) is 20.8. The van der Waals surface area contributed by atoms with E-state index in [0.29, 0.717) is 6.04 Å². The number of nitrogens with zero attached hydrogens (tertiary/aromatic N) is 2. The van der Waals surface area contributed by atoms with Crippen LogP contribution in [-0.4, -0.2) is 30.2 Å². The minimum Gasteiger partial charge on any atom is -0.496 e. The average molecular weight is 405 g/mol. The van der Waals surface area contributed by atoms with Crippen LogP contribution in [0.1, 0.15) is 53.3 Å². The first kappa shape index (κ1) is 19.5. The van der Waals surface area contributed by atoms with Crippen LogP contribution in [0.3, 0.4) is 0 Å². The number of rotatable bonds is 4. The first-order valence-electron chi connectivity index (χ1n) is 11.2. The number of methoxy groups -OCH3 is 2. The highest BCUT2D eigenvalue weighted by Crippen LogP contribution is 2.43. The monoisotopic (exact) mass is 404 g/mol. The summed E-state index contributed by atoms with van der Waals surface area (Å²) in [6, 6.07) is 11.7. The zero-order valence-corrected chi connectivity index (χ0v) is 18.6. The summed E-state index contributed by atoms with van der Waals surface area (Å²) in [5.41, 5.74) is 8.29. The number of hydrogen-bond acceptors (Lipinski definition) is 3. The third-order valence-electron chi connectivity index (χ3n) is 7.09. The molecule has 0 spiro atoms. The molecule has 3 aromatic rings. The number of fused-ring (bicyclic) bond motifs is 3. The van der Waals surface area contributed by atoms with E-state index in [1.54, 1.807) is 25.5 Å². The van der Waals surface area contributed by atoms with Gasteiger partial charge in [-0.05, 0) is 63.3 Å². The summed E-state index contributed by atoms with van der Waals surface area (Å²) in [6.45, 7) is 7.44. The van der Waals surface area contributed by atoms with Crippen molar-refractivity contribution < 1.29 is 9.47 Å². The van der Waals surface area contributed by atoms with Crippen molar-refractivity contribution in [2.75, 3.05) is 20.8 Å². The SMILES string of the molecule is COc1ccc(CN2CCCn3c4c(c5cc(C)ccc53)CCCC42)c(OC)c1C. The minimum absolute atomic E-state index is 0.482. The Morgan fingerprint density at radius 3 is 2.67 bits per heavy atom. The van der Waals surface area contributed by atoms with Crippen LogP contribution in [0, 0.1) is 13.8 Å². The lowest BCUT2D eigenvalue weighted by atomic mass is 9.90. The van der Waals surface area contributed by atoms with Crippen molar-refractivity contribution in [2.45, 2.75) is 58.7 Å². The van der Waals surface area contributed by atoms with E-state index in [1.165, 1.54) is 47.7 Å². The van der Waals surface area contributed by atoms with Gasteiger partial charge in [-0.15, -0.1) is 0 Å². The normalized spacial score (nSPS) is 18.9. The van der Waals surface area contributed by atoms with Crippen LogP contribution in [0.15, 0.2) is 30.3 Å². The molecule has 0 saturated heterocycles. The Hall–Kier alpha value is -2.46. The van der Waals surface area contributed by atoms with Gasteiger partial charge in [-0.3, -0.25) is 4.90 Å². The molecule has 1 aliphatic heterocycles. The van der Waals surface area contributed by atoms with Crippen LogP contribution in [0.2, 0.25) is 0 Å². The highest BCUT2D eigenvalue weighted by molar-refractivity contribution is 5.87. The lowest BCUT2D eigenvalue weighted by molar-refractivity contribution is 0.171. The number of ether oxygens (including phenoxy) is 2. The highest BCUT2D eigenvalue weighted by Gasteiger charge is 2.33. The van der Waals surface area contributed by atoms with Gasteiger partial charge in [0.2, 0.25) is 0 Å². The molecule has 0 amide bonds. The Labute approximate surface area is 179 Å². The van der Waals surface area contributed by atoms with E-state index in [4.69, 9.17) is 9.47 Å². The summed E-state index contributed by atoms with van der Waals surface area (Å²) in [5, 5.41) is 1.48. The molecule has 1 atom stereocenters. The molecule has 2 heterocycles. The summed E-state index contributed by atoms with van der Waals surface area (Å²) >= 11 is 0. The van der Waals surface area contributed by atoms with Crippen molar-refractivity contribution in [3.05, 3.63) is 58.3 Å². The fourth-order valence-electron chi connectivity index (χ4n) is 5.76. The third-order valence-corrected chi connectivity index (χ3v) is 7.09. The molecular formula is C26H32N2O2. The predicted molar refractivity (Wildman–Crippen MR) is 122 cm³/mol. The van der Waals surface area contributed by atoms with E-state index in [2.05, 4.69) is 53.6 Å². The maximum Gasteiger partial charge on any atom is 0.129 e. The van der Waals surface area contributed by atoms with Gasteiger partial charge in [0.1, 0.15) is 11.5 Å². The Bertz CT molecular complexity index is 1090. The molecule has 0 radical (unpaired) electrons. The molecule has 0 fully saturated rings. The van der Waals surface area contributed by atoms with Gasteiger partial charge in [-0.2, -0.15) is 0 Å². The van der Waals surface area contributed by atoms with Gasteiger partial charge in [-0.25, -0.2) is 0 Å². The molecule has 5 rings (SSSR count). The van der Waals surface area contributed by atoms with Gasteiger partial charge < -0.3 is 14.0 Å². The number of benzene rings is 2. The smallest absolute Gasteiger partial charge is 0.129 e. The molecule has 1 aromatic heterocycles. The molecule has 30 heavy (non-hydrogen) atoms. The lowest BCUT2D eigenvalue weighted by Crippen LogP contribution is -2.31. The van der Waals surface area contributed by atoms with Crippen molar-refractivity contribution in [1.29, 1.82) is 0 Å². The molecule has 0 saturated carbocycles. The second kappa shape index (κ2) is 7.66. The predicted octanol–water partition coefficient (Wildman–Crippen LogP) is 5.56. The molecule has 4 heteroatoms. The number of hydrogen-bond donors (Lipinski definition) is 0. The summed E-state index contributed by atoms with van der Waals surface area (Å²) < 4.78 is 14.0. The molecule has 158 valence electrons. The molecule has 1 aliphatic carbocycles. The van der Waals surface area contributed by atoms with Crippen LogP contribution < -0.4 is 9.47 Å². The molecule has 0 N–H and O–H groups in total. The third kappa shape index (κ3) is 3.01. The first-order chi connectivity index (χ1) is 14.6.